The Kier molecular flexibility index (Phi) is 5.83. The van der Waals surface area contributed by atoms with Crippen molar-refractivity contribution in [1.29, 1.82) is 0 Å². The standard InChI is InChI=1S/C16H21F3N2O/c1-2-3-6-14(12-21-9-4-5-10-21)22-15-8-7-13(11-20-15)16(17,18)19/h2,7-8,11,14H,1,3-6,9-10,12H2/t14-/m0/s1. The maximum Gasteiger partial charge on any atom is 0.417 e. The van der Waals surface area contributed by atoms with E-state index in [-0.39, 0.29) is 12.0 Å². The Labute approximate surface area is 128 Å². The van der Waals surface area contributed by atoms with Crippen molar-refractivity contribution in [2.75, 3.05) is 19.6 Å². The number of hydrogen-bond donors (Lipinski definition) is 0. The zero-order valence-electron chi connectivity index (χ0n) is 12.5. The molecule has 0 unspecified atom stereocenters. The van der Waals surface area contributed by atoms with Gasteiger partial charge in [0, 0.05) is 18.8 Å². The van der Waals surface area contributed by atoms with Crippen molar-refractivity contribution >= 4 is 0 Å². The third kappa shape index (κ3) is 5.02. The first kappa shape index (κ1) is 16.8. The van der Waals surface area contributed by atoms with Crippen LogP contribution < -0.4 is 4.74 Å². The minimum atomic E-state index is -4.37. The van der Waals surface area contributed by atoms with Gasteiger partial charge in [-0.1, -0.05) is 6.08 Å². The van der Waals surface area contributed by atoms with Gasteiger partial charge in [0.15, 0.2) is 0 Å². The molecule has 2 rings (SSSR count). The van der Waals surface area contributed by atoms with E-state index in [2.05, 4.69) is 16.5 Å². The molecule has 0 bridgehead atoms. The zero-order chi connectivity index (χ0) is 16.0. The number of halogens is 3. The molecule has 1 aromatic rings. The molecule has 0 saturated carbocycles. The number of pyridine rings is 1. The molecule has 0 amide bonds. The lowest BCUT2D eigenvalue weighted by atomic mass is 10.2. The zero-order valence-corrected chi connectivity index (χ0v) is 12.5. The van der Waals surface area contributed by atoms with E-state index in [4.69, 9.17) is 4.74 Å². The molecular weight excluding hydrogens is 293 g/mol. The SMILES string of the molecule is C=CCC[C@@H](CN1CCCC1)Oc1ccc(C(F)(F)F)cn1. The number of ether oxygens (including phenoxy) is 1. The predicted octanol–water partition coefficient (Wildman–Crippen LogP) is 3.91. The van der Waals surface area contributed by atoms with Crippen molar-refractivity contribution in [3.05, 3.63) is 36.5 Å². The van der Waals surface area contributed by atoms with Gasteiger partial charge in [0.1, 0.15) is 6.10 Å². The minimum absolute atomic E-state index is 0.0830. The summed E-state index contributed by atoms with van der Waals surface area (Å²) < 4.78 is 43.3. The molecule has 122 valence electrons. The molecule has 1 aromatic heterocycles. The molecule has 1 atom stereocenters. The molecule has 1 saturated heterocycles. The predicted molar refractivity (Wildman–Crippen MR) is 78.8 cm³/mol. The maximum absolute atomic E-state index is 12.5. The molecular formula is C16H21F3N2O. The van der Waals surface area contributed by atoms with Gasteiger partial charge in [-0.2, -0.15) is 13.2 Å². The van der Waals surface area contributed by atoms with Crippen molar-refractivity contribution in [3.8, 4) is 5.88 Å². The van der Waals surface area contributed by atoms with E-state index in [0.29, 0.717) is 0 Å². The van der Waals surface area contributed by atoms with Crippen molar-refractivity contribution in [2.45, 2.75) is 38.0 Å². The van der Waals surface area contributed by atoms with E-state index in [9.17, 15) is 13.2 Å². The minimum Gasteiger partial charge on any atom is -0.473 e. The second-order valence-corrected chi connectivity index (χ2v) is 5.50. The smallest absolute Gasteiger partial charge is 0.417 e. The fourth-order valence-corrected chi connectivity index (χ4v) is 2.53. The van der Waals surface area contributed by atoms with Crippen molar-refractivity contribution in [3.63, 3.8) is 0 Å². The highest BCUT2D eigenvalue weighted by Crippen LogP contribution is 2.29. The maximum atomic E-state index is 12.5. The summed E-state index contributed by atoms with van der Waals surface area (Å²) >= 11 is 0. The van der Waals surface area contributed by atoms with Crippen LogP contribution in [0, 0.1) is 0 Å². The van der Waals surface area contributed by atoms with E-state index in [1.165, 1.54) is 18.9 Å². The van der Waals surface area contributed by atoms with Gasteiger partial charge in [0.05, 0.1) is 5.56 Å². The Morgan fingerprint density at radius 2 is 2.05 bits per heavy atom. The Balaban J connectivity index is 1.97. The van der Waals surface area contributed by atoms with Crippen LogP contribution in [0.1, 0.15) is 31.2 Å². The number of likely N-dealkylation sites (tertiary alicyclic amines) is 1. The third-order valence-corrected chi connectivity index (χ3v) is 3.70. The first-order chi connectivity index (χ1) is 10.5. The fraction of sp³-hybridized carbons (Fsp3) is 0.562. The number of hydrogen-bond acceptors (Lipinski definition) is 3. The Morgan fingerprint density at radius 1 is 1.32 bits per heavy atom. The largest absolute Gasteiger partial charge is 0.473 e. The van der Waals surface area contributed by atoms with E-state index in [0.717, 1.165) is 44.7 Å². The average molecular weight is 314 g/mol. The van der Waals surface area contributed by atoms with Gasteiger partial charge in [-0.25, -0.2) is 4.98 Å². The number of aromatic nitrogens is 1. The van der Waals surface area contributed by atoms with Crippen LogP contribution in [0.15, 0.2) is 31.0 Å². The summed E-state index contributed by atoms with van der Waals surface area (Å²) in [5, 5.41) is 0. The van der Waals surface area contributed by atoms with Crippen LogP contribution in [-0.4, -0.2) is 35.6 Å². The van der Waals surface area contributed by atoms with Crippen molar-refractivity contribution < 1.29 is 17.9 Å². The molecule has 6 heteroatoms. The lowest BCUT2D eigenvalue weighted by Gasteiger charge is -2.23. The van der Waals surface area contributed by atoms with Gasteiger partial charge >= 0.3 is 6.18 Å². The van der Waals surface area contributed by atoms with Crippen molar-refractivity contribution in [1.82, 2.24) is 9.88 Å². The summed E-state index contributed by atoms with van der Waals surface area (Å²) in [6, 6.07) is 2.29. The highest BCUT2D eigenvalue weighted by atomic mass is 19.4. The summed E-state index contributed by atoms with van der Waals surface area (Å²) in [7, 11) is 0. The molecule has 1 fully saturated rings. The summed E-state index contributed by atoms with van der Waals surface area (Å²) in [4.78, 5) is 6.10. The summed E-state index contributed by atoms with van der Waals surface area (Å²) in [6.45, 7) is 6.57. The number of nitrogens with zero attached hydrogens (tertiary/aromatic N) is 2. The molecule has 0 spiro atoms. The molecule has 3 nitrogen and oxygen atoms in total. The quantitative estimate of drug-likeness (QED) is 0.714. The van der Waals surface area contributed by atoms with Crippen LogP contribution in [0.2, 0.25) is 0 Å². The highest BCUT2D eigenvalue weighted by molar-refractivity contribution is 5.20. The number of rotatable bonds is 7. The lowest BCUT2D eigenvalue weighted by Crippen LogP contribution is -2.34. The normalized spacial score (nSPS) is 17.4. The van der Waals surface area contributed by atoms with Gasteiger partial charge < -0.3 is 4.74 Å². The fourth-order valence-electron chi connectivity index (χ4n) is 2.53. The Morgan fingerprint density at radius 3 is 2.59 bits per heavy atom. The lowest BCUT2D eigenvalue weighted by molar-refractivity contribution is -0.137. The summed E-state index contributed by atoms with van der Waals surface area (Å²) in [5.41, 5.74) is -0.762. The summed E-state index contributed by atoms with van der Waals surface area (Å²) in [5.74, 6) is 0.237. The van der Waals surface area contributed by atoms with Crippen LogP contribution in [0.5, 0.6) is 5.88 Å². The van der Waals surface area contributed by atoms with Crippen LogP contribution in [-0.2, 0) is 6.18 Å². The second kappa shape index (κ2) is 7.63. The monoisotopic (exact) mass is 314 g/mol. The molecule has 0 N–H and O–H groups in total. The van der Waals surface area contributed by atoms with Gasteiger partial charge in [-0.15, -0.1) is 6.58 Å². The van der Waals surface area contributed by atoms with E-state index in [1.54, 1.807) is 0 Å². The molecule has 1 aliphatic heterocycles. The number of allylic oxidation sites excluding steroid dienone is 1. The van der Waals surface area contributed by atoms with E-state index in [1.807, 2.05) is 6.08 Å². The van der Waals surface area contributed by atoms with Crippen LogP contribution in [0.4, 0.5) is 13.2 Å². The van der Waals surface area contributed by atoms with Gasteiger partial charge in [-0.3, -0.25) is 4.90 Å². The average Bonchev–Trinajstić information content (AvgIpc) is 2.97. The van der Waals surface area contributed by atoms with E-state index >= 15 is 0 Å². The van der Waals surface area contributed by atoms with Crippen LogP contribution in [0.3, 0.4) is 0 Å². The van der Waals surface area contributed by atoms with Crippen LogP contribution >= 0.6 is 0 Å². The number of alkyl halides is 3. The van der Waals surface area contributed by atoms with Gasteiger partial charge in [0.25, 0.3) is 0 Å². The Hall–Kier alpha value is -1.56. The van der Waals surface area contributed by atoms with Gasteiger partial charge in [0.2, 0.25) is 5.88 Å². The molecule has 2 heterocycles. The molecule has 0 aliphatic carbocycles. The second-order valence-electron chi connectivity index (χ2n) is 5.50. The third-order valence-electron chi connectivity index (χ3n) is 3.70. The molecule has 0 radical (unpaired) electrons. The first-order valence-corrected chi connectivity index (χ1v) is 7.52. The molecule has 1 aliphatic rings. The highest BCUT2D eigenvalue weighted by Gasteiger charge is 2.30. The Bertz CT molecular complexity index is 467. The van der Waals surface area contributed by atoms with E-state index < -0.39 is 11.7 Å². The first-order valence-electron chi connectivity index (χ1n) is 7.52. The van der Waals surface area contributed by atoms with Gasteiger partial charge in [-0.05, 0) is 44.8 Å². The van der Waals surface area contributed by atoms with Crippen molar-refractivity contribution in [2.24, 2.45) is 0 Å². The topological polar surface area (TPSA) is 25.4 Å². The molecule has 0 aromatic carbocycles. The molecule has 22 heavy (non-hydrogen) atoms. The summed E-state index contributed by atoms with van der Waals surface area (Å²) in [6.07, 6.45) is 2.14. The van der Waals surface area contributed by atoms with Crippen LogP contribution in [0.25, 0.3) is 0 Å².